The molecule has 0 unspecified atom stereocenters. The van der Waals surface area contributed by atoms with E-state index in [2.05, 4.69) is 10.2 Å². The molecule has 3 heteroatoms. The lowest BCUT2D eigenvalue weighted by Crippen LogP contribution is -1.67. The lowest BCUT2D eigenvalue weighted by atomic mass is 10.1. The second-order valence-electron chi connectivity index (χ2n) is 3.46. The summed E-state index contributed by atoms with van der Waals surface area (Å²) in [5.41, 5.74) is 2.47. The molecule has 3 aromatic rings. The highest BCUT2D eigenvalue weighted by molar-refractivity contribution is 6.12. The number of nitrogens with one attached hydrogen (secondary N) is 1. The van der Waals surface area contributed by atoms with Crippen LogP contribution >= 0.6 is 0 Å². The molecule has 2 aromatic carbocycles. The maximum absolute atomic E-state index is 10.7. The fraction of sp³-hybridized carbons (Fsp3) is 0. The predicted molar refractivity (Wildman–Crippen MR) is 61.3 cm³/mol. The summed E-state index contributed by atoms with van der Waals surface area (Å²) in [5.74, 6) is 0. The summed E-state index contributed by atoms with van der Waals surface area (Å²) >= 11 is 0. The number of nitroso groups, excluding NO2 is 1. The van der Waals surface area contributed by atoms with Gasteiger partial charge in [0.25, 0.3) is 0 Å². The number of fused-ring (bicyclic) bond motifs is 3. The van der Waals surface area contributed by atoms with Gasteiger partial charge >= 0.3 is 0 Å². The summed E-state index contributed by atoms with van der Waals surface area (Å²) in [5, 5.41) is 5.00. The summed E-state index contributed by atoms with van der Waals surface area (Å²) in [6.45, 7) is 0. The molecule has 0 atom stereocenters. The molecule has 0 aliphatic rings. The van der Waals surface area contributed by atoms with Crippen molar-refractivity contribution in [3.8, 4) is 0 Å². The molecule has 3 rings (SSSR count). The van der Waals surface area contributed by atoms with Crippen molar-refractivity contribution in [3.05, 3.63) is 47.4 Å². The molecule has 72 valence electrons. The van der Waals surface area contributed by atoms with Crippen LogP contribution in [-0.2, 0) is 0 Å². The van der Waals surface area contributed by atoms with Crippen LogP contribution in [0.25, 0.3) is 21.8 Å². The molecule has 0 aliphatic heterocycles. The largest absolute Gasteiger partial charge is 0.354 e. The lowest BCUT2D eigenvalue weighted by molar-refractivity contribution is 1.52. The first kappa shape index (κ1) is 8.17. The average molecular weight is 196 g/mol. The molecular weight excluding hydrogens is 188 g/mol. The number of hydrogen-bond acceptors (Lipinski definition) is 2. The predicted octanol–water partition coefficient (Wildman–Crippen LogP) is 3.72. The first-order valence-electron chi connectivity index (χ1n) is 4.73. The summed E-state index contributed by atoms with van der Waals surface area (Å²) in [4.78, 5) is 14.0. The fourth-order valence-corrected chi connectivity index (χ4v) is 1.96. The van der Waals surface area contributed by atoms with E-state index in [9.17, 15) is 4.91 Å². The lowest BCUT2D eigenvalue weighted by Gasteiger charge is -1.92. The van der Waals surface area contributed by atoms with Crippen molar-refractivity contribution in [2.24, 2.45) is 5.18 Å². The SMILES string of the molecule is O=Nc1cccc2[nH]c3ccccc3c12. The monoisotopic (exact) mass is 196 g/mol. The fourth-order valence-electron chi connectivity index (χ4n) is 1.96. The smallest absolute Gasteiger partial charge is 0.117 e. The van der Waals surface area contributed by atoms with Gasteiger partial charge in [-0.25, -0.2) is 0 Å². The number of hydrogen-bond donors (Lipinski definition) is 1. The Morgan fingerprint density at radius 1 is 0.933 bits per heavy atom. The van der Waals surface area contributed by atoms with Gasteiger partial charge in [-0.05, 0) is 23.4 Å². The topological polar surface area (TPSA) is 45.2 Å². The van der Waals surface area contributed by atoms with Gasteiger partial charge in [-0.2, -0.15) is 0 Å². The third-order valence-corrected chi connectivity index (χ3v) is 2.61. The van der Waals surface area contributed by atoms with E-state index in [1.807, 2.05) is 36.4 Å². The molecule has 0 spiro atoms. The number of benzene rings is 2. The van der Waals surface area contributed by atoms with Crippen LogP contribution < -0.4 is 0 Å². The van der Waals surface area contributed by atoms with Crippen LogP contribution in [0.5, 0.6) is 0 Å². The minimum Gasteiger partial charge on any atom is -0.354 e. The van der Waals surface area contributed by atoms with Crippen molar-refractivity contribution >= 4 is 27.5 Å². The van der Waals surface area contributed by atoms with E-state index in [1.165, 1.54) is 0 Å². The normalized spacial score (nSPS) is 10.9. The quantitative estimate of drug-likeness (QED) is 0.592. The number of nitrogens with zero attached hydrogens (tertiary/aromatic N) is 1. The Hall–Kier alpha value is -2.16. The Morgan fingerprint density at radius 2 is 1.73 bits per heavy atom. The molecule has 15 heavy (non-hydrogen) atoms. The Bertz CT molecular complexity index is 655. The molecule has 0 saturated heterocycles. The first-order chi connectivity index (χ1) is 7.40. The van der Waals surface area contributed by atoms with E-state index in [1.54, 1.807) is 6.07 Å². The molecule has 0 radical (unpaired) electrons. The highest BCUT2D eigenvalue weighted by atomic mass is 16.3. The van der Waals surface area contributed by atoms with Gasteiger partial charge in [-0.3, -0.25) is 0 Å². The van der Waals surface area contributed by atoms with Crippen molar-refractivity contribution in [3.63, 3.8) is 0 Å². The van der Waals surface area contributed by atoms with Crippen LogP contribution in [-0.4, -0.2) is 4.98 Å². The number of aromatic amines is 1. The molecule has 0 bridgehead atoms. The third-order valence-electron chi connectivity index (χ3n) is 2.61. The zero-order chi connectivity index (χ0) is 10.3. The highest BCUT2D eigenvalue weighted by Crippen LogP contribution is 2.32. The highest BCUT2D eigenvalue weighted by Gasteiger charge is 2.07. The summed E-state index contributed by atoms with van der Waals surface area (Å²) < 4.78 is 0. The molecule has 0 amide bonds. The summed E-state index contributed by atoms with van der Waals surface area (Å²) in [7, 11) is 0. The van der Waals surface area contributed by atoms with Crippen LogP contribution in [0.3, 0.4) is 0 Å². The van der Waals surface area contributed by atoms with Gasteiger partial charge in [0.15, 0.2) is 0 Å². The number of H-pyrrole nitrogens is 1. The average Bonchev–Trinajstić information content (AvgIpc) is 2.67. The van der Waals surface area contributed by atoms with E-state index in [0.29, 0.717) is 5.69 Å². The molecule has 0 fully saturated rings. The van der Waals surface area contributed by atoms with Gasteiger partial charge in [0.2, 0.25) is 0 Å². The second kappa shape index (κ2) is 2.92. The Balaban J connectivity index is 2.62. The van der Waals surface area contributed by atoms with Gasteiger partial charge in [0, 0.05) is 21.8 Å². The van der Waals surface area contributed by atoms with Crippen molar-refractivity contribution < 1.29 is 0 Å². The molecule has 3 nitrogen and oxygen atoms in total. The third kappa shape index (κ3) is 1.06. The Kier molecular flexibility index (Phi) is 1.59. The van der Waals surface area contributed by atoms with Gasteiger partial charge in [-0.15, -0.1) is 4.91 Å². The maximum atomic E-state index is 10.7. The molecule has 0 aliphatic carbocycles. The molecule has 1 aromatic heterocycles. The van der Waals surface area contributed by atoms with E-state index < -0.39 is 0 Å². The molecular formula is C12H8N2O. The van der Waals surface area contributed by atoms with Gasteiger partial charge in [-0.1, -0.05) is 24.3 Å². The zero-order valence-electron chi connectivity index (χ0n) is 7.90. The van der Waals surface area contributed by atoms with Crippen LogP contribution in [0, 0.1) is 4.91 Å². The van der Waals surface area contributed by atoms with E-state index in [-0.39, 0.29) is 0 Å². The van der Waals surface area contributed by atoms with E-state index >= 15 is 0 Å². The maximum Gasteiger partial charge on any atom is 0.117 e. The van der Waals surface area contributed by atoms with Gasteiger partial charge in [0.05, 0.1) is 0 Å². The molecule has 1 N–H and O–H groups in total. The van der Waals surface area contributed by atoms with Crippen molar-refractivity contribution in [1.29, 1.82) is 0 Å². The minimum atomic E-state index is 0.491. The molecule has 0 saturated carbocycles. The summed E-state index contributed by atoms with van der Waals surface area (Å²) in [6, 6.07) is 13.4. The number of para-hydroxylation sites is 1. The summed E-state index contributed by atoms with van der Waals surface area (Å²) in [6.07, 6.45) is 0. The Labute approximate surface area is 85.7 Å². The van der Waals surface area contributed by atoms with Crippen LogP contribution in [0.2, 0.25) is 0 Å². The molecule has 1 heterocycles. The first-order valence-corrected chi connectivity index (χ1v) is 4.73. The number of aromatic nitrogens is 1. The van der Waals surface area contributed by atoms with Crippen LogP contribution in [0.4, 0.5) is 5.69 Å². The van der Waals surface area contributed by atoms with Crippen molar-refractivity contribution in [2.45, 2.75) is 0 Å². The van der Waals surface area contributed by atoms with Crippen molar-refractivity contribution in [1.82, 2.24) is 4.98 Å². The number of rotatable bonds is 1. The minimum absolute atomic E-state index is 0.491. The van der Waals surface area contributed by atoms with Gasteiger partial charge in [0.1, 0.15) is 5.69 Å². The van der Waals surface area contributed by atoms with E-state index in [0.717, 1.165) is 21.8 Å². The standard InChI is InChI=1S/C12H8N2O/c15-14-11-7-3-6-10-12(11)8-4-1-2-5-9(8)13-10/h1-7,13H. The van der Waals surface area contributed by atoms with E-state index in [4.69, 9.17) is 0 Å². The second-order valence-corrected chi connectivity index (χ2v) is 3.46. The van der Waals surface area contributed by atoms with Gasteiger partial charge < -0.3 is 4.98 Å². The van der Waals surface area contributed by atoms with Crippen LogP contribution in [0.1, 0.15) is 0 Å². The zero-order valence-corrected chi connectivity index (χ0v) is 7.90. The Morgan fingerprint density at radius 3 is 2.60 bits per heavy atom. The van der Waals surface area contributed by atoms with Crippen LogP contribution in [0.15, 0.2) is 47.6 Å². The van der Waals surface area contributed by atoms with Crippen molar-refractivity contribution in [2.75, 3.05) is 0 Å².